The molecule has 25 heavy (non-hydrogen) atoms. The van der Waals surface area contributed by atoms with E-state index in [-0.39, 0.29) is 5.91 Å². The lowest BCUT2D eigenvalue weighted by Crippen LogP contribution is -2.23. The van der Waals surface area contributed by atoms with Crippen LogP contribution in [0.1, 0.15) is 15.9 Å². The van der Waals surface area contributed by atoms with Crippen molar-refractivity contribution in [2.45, 2.75) is 6.54 Å². The van der Waals surface area contributed by atoms with Gasteiger partial charge in [0.2, 0.25) is 0 Å². The molecule has 3 rings (SSSR count). The van der Waals surface area contributed by atoms with E-state index in [1.807, 2.05) is 36.4 Å². The standard InChI is InChI=1S/C19H18N2O4/c1-23-15-9-7-13(8-10-15)18-16(12-21-25-18)19(22)20-11-14-5-3-4-6-17(14)24-2/h3-10,12H,11H2,1-2H3,(H,20,22). The minimum atomic E-state index is -0.266. The molecule has 128 valence electrons. The maximum atomic E-state index is 12.5. The minimum absolute atomic E-state index is 0.266. The van der Waals surface area contributed by atoms with Gasteiger partial charge in [0, 0.05) is 17.7 Å². The van der Waals surface area contributed by atoms with Crippen molar-refractivity contribution in [1.29, 1.82) is 0 Å². The van der Waals surface area contributed by atoms with Gasteiger partial charge in [-0.25, -0.2) is 0 Å². The van der Waals surface area contributed by atoms with Crippen LogP contribution >= 0.6 is 0 Å². The maximum absolute atomic E-state index is 12.5. The van der Waals surface area contributed by atoms with E-state index in [9.17, 15) is 4.79 Å². The summed E-state index contributed by atoms with van der Waals surface area (Å²) in [5.41, 5.74) is 2.02. The monoisotopic (exact) mass is 338 g/mol. The average molecular weight is 338 g/mol. The smallest absolute Gasteiger partial charge is 0.257 e. The SMILES string of the molecule is COc1ccc(-c2oncc2C(=O)NCc2ccccc2OC)cc1. The average Bonchev–Trinajstić information content (AvgIpc) is 3.16. The molecule has 3 aromatic rings. The Morgan fingerprint density at radius 3 is 2.56 bits per heavy atom. The second kappa shape index (κ2) is 7.53. The third-order valence-corrected chi connectivity index (χ3v) is 3.80. The minimum Gasteiger partial charge on any atom is -0.497 e. The van der Waals surface area contributed by atoms with Gasteiger partial charge in [-0.3, -0.25) is 4.79 Å². The molecule has 0 radical (unpaired) electrons. The summed E-state index contributed by atoms with van der Waals surface area (Å²) < 4.78 is 15.7. The first kappa shape index (κ1) is 16.6. The van der Waals surface area contributed by atoms with Crippen molar-refractivity contribution >= 4 is 5.91 Å². The van der Waals surface area contributed by atoms with Gasteiger partial charge in [-0.1, -0.05) is 23.4 Å². The molecule has 0 aliphatic heterocycles. The van der Waals surface area contributed by atoms with E-state index in [1.165, 1.54) is 6.20 Å². The number of amides is 1. The zero-order valence-corrected chi connectivity index (χ0v) is 14.0. The van der Waals surface area contributed by atoms with Crippen molar-refractivity contribution in [1.82, 2.24) is 10.5 Å². The molecule has 1 aromatic heterocycles. The number of carbonyl (C=O) groups excluding carboxylic acids is 1. The molecule has 1 amide bonds. The highest BCUT2D eigenvalue weighted by molar-refractivity contribution is 5.99. The lowest BCUT2D eigenvalue weighted by atomic mass is 10.1. The summed E-state index contributed by atoms with van der Waals surface area (Å²) >= 11 is 0. The van der Waals surface area contributed by atoms with Crippen LogP contribution in [-0.2, 0) is 6.54 Å². The van der Waals surface area contributed by atoms with Gasteiger partial charge in [-0.2, -0.15) is 0 Å². The number of ether oxygens (including phenoxy) is 2. The Bertz CT molecular complexity index is 856. The molecule has 0 spiro atoms. The lowest BCUT2D eigenvalue weighted by Gasteiger charge is -2.09. The van der Waals surface area contributed by atoms with Gasteiger partial charge >= 0.3 is 0 Å². The Kier molecular flexibility index (Phi) is 4.99. The largest absolute Gasteiger partial charge is 0.497 e. The molecule has 0 fully saturated rings. The zero-order valence-electron chi connectivity index (χ0n) is 14.0. The molecular weight excluding hydrogens is 320 g/mol. The first-order valence-electron chi connectivity index (χ1n) is 7.72. The van der Waals surface area contributed by atoms with E-state index in [4.69, 9.17) is 14.0 Å². The first-order chi connectivity index (χ1) is 12.2. The van der Waals surface area contributed by atoms with Crippen molar-refractivity contribution in [3.63, 3.8) is 0 Å². The summed E-state index contributed by atoms with van der Waals surface area (Å²) in [7, 11) is 3.20. The fraction of sp³-hybridized carbons (Fsp3) is 0.158. The van der Waals surface area contributed by atoms with Crippen molar-refractivity contribution in [2.75, 3.05) is 14.2 Å². The van der Waals surface area contributed by atoms with Crippen molar-refractivity contribution < 1.29 is 18.8 Å². The summed E-state index contributed by atoms with van der Waals surface area (Å²) in [5.74, 6) is 1.60. The topological polar surface area (TPSA) is 73.6 Å². The number of para-hydroxylation sites is 1. The van der Waals surface area contributed by atoms with Crippen LogP contribution in [0.5, 0.6) is 11.5 Å². The molecule has 0 aliphatic rings. The van der Waals surface area contributed by atoms with Crippen LogP contribution in [0, 0.1) is 0 Å². The molecule has 0 aliphatic carbocycles. The highest BCUT2D eigenvalue weighted by Gasteiger charge is 2.18. The number of benzene rings is 2. The van der Waals surface area contributed by atoms with E-state index >= 15 is 0 Å². The fourth-order valence-electron chi connectivity index (χ4n) is 2.47. The van der Waals surface area contributed by atoms with E-state index in [2.05, 4.69) is 10.5 Å². The molecule has 1 N–H and O–H groups in total. The number of nitrogens with zero attached hydrogens (tertiary/aromatic N) is 1. The summed E-state index contributed by atoms with van der Waals surface area (Å²) in [6.07, 6.45) is 1.41. The normalized spacial score (nSPS) is 10.3. The van der Waals surface area contributed by atoms with Crippen LogP contribution in [0.3, 0.4) is 0 Å². The third kappa shape index (κ3) is 3.63. The van der Waals surface area contributed by atoms with Crippen LogP contribution < -0.4 is 14.8 Å². The number of hydrogen-bond acceptors (Lipinski definition) is 5. The van der Waals surface area contributed by atoms with E-state index in [0.717, 1.165) is 22.6 Å². The van der Waals surface area contributed by atoms with Crippen LogP contribution in [-0.4, -0.2) is 25.3 Å². The van der Waals surface area contributed by atoms with Gasteiger partial charge in [-0.15, -0.1) is 0 Å². The zero-order chi connectivity index (χ0) is 17.6. The highest BCUT2D eigenvalue weighted by Crippen LogP contribution is 2.26. The molecule has 0 saturated carbocycles. The van der Waals surface area contributed by atoms with Crippen molar-refractivity contribution in [3.8, 4) is 22.8 Å². The molecule has 2 aromatic carbocycles. The molecule has 0 unspecified atom stereocenters. The highest BCUT2D eigenvalue weighted by atomic mass is 16.5. The van der Waals surface area contributed by atoms with E-state index in [0.29, 0.717) is 17.9 Å². The predicted molar refractivity (Wildman–Crippen MR) is 92.7 cm³/mol. The first-order valence-corrected chi connectivity index (χ1v) is 7.72. The molecule has 0 bridgehead atoms. The van der Waals surface area contributed by atoms with Crippen LogP contribution in [0.15, 0.2) is 59.3 Å². The van der Waals surface area contributed by atoms with Crippen LogP contribution in [0.4, 0.5) is 0 Å². The number of carbonyl (C=O) groups is 1. The number of methoxy groups -OCH3 is 2. The Balaban J connectivity index is 1.76. The molecule has 0 atom stereocenters. The van der Waals surface area contributed by atoms with Gasteiger partial charge in [0.25, 0.3) is 5.91 Å². The maximum Gasteiger partial charge on any atom is 0.257 e. The van der Waals surface area contributed by atoms with Crippen LogP contribution in [0.2, 0.25) is 0 Å². The van der Waals surface area contributed by atoms with Gasteiger partial charge < -0.3 is 19.3 Å². The van der Waals surface area contributed by atoms with Gasteiger partial charge in [0.15, 0.2) is 5.76 Å². The predicted octanol–water partition coefficient (Wildman–Crippen LogP) is 3.29. The Labute approximate surface area is 145 Å². The Morgan fingerprint density at radius 1 is 1.08 bits per heavy atom. The lowest BCUT2D eigenvalue weighted by molar-refractivity contribution is 0.0951. The van der Waals surface area contributed by atoms with Crippen molar-refractivity contribution in [2.24, 2.45) is 0 Å². The quantitative estimate of drug-likeness (QED) is 0.746. The van der Waals surface area contributed by atoms with Gasteiger partial charge in [0.05, 0.1) is 20.4 Å². The number of aromatic nitrogens is 1. The molecule has 6 heteroatoms. The van der Waals surface area contributed by atoms with Crippen LogP contribution in [0.25, 0.3) is 11.3 Å². The van der Waals surface area contributed by atoms with Crippen molar-refractivity contribution in [3.05, 3.63) is 65.9 Å². The second-order valence-corrected chi connectivity index (χ2v) is 5.29. The second-order valence-electron chi connectivity index (χ2n) is 5.29. The Morgan fingerprint density at radius 2 is 1.84 bits per heavy atom. The third-order valence-electron chi connectivity index (χ3n) is 3.80. The molecule has 0 saturated heterocycles. The number of rotatable bonds is 6. The summed E-state index contributed by atoms with van der Waals surface area (Å²) in [6, 6.07) is 14.8. The fourth-order valence-corrected chi connectivity index (χ4v) is 2.47. The van der Waals surface area contributed by atoms with E-state index in [1.54, 1.807) is 26.4 Å². The molecule has 1 heterocycles. The number of nitrogens with one attached hydrogen (secondary N) is 1. The van der Waals surface area contributed by atoms with Gasteiger partial charge in [0.1, 0.15) is 17.1 Å². The number of hydrogen-bond donors (Lipinski definition) is 1. The Hall–Kier alpha value is -3.28. The summed E-state index contributed by atoms with van der Waals surface area (Å²) in [6.45, 7) is 0.343. The van der Waals surface area contributed by atoms with E-state index < -0.39 is 0 Å². The summed E-state index contributed by atoms with van der Waals surface area (Å²) in [5, 5.41) is 6.62. The van der Waals surface area contributed by atoms with Gasteiger partial charge in [-0.05, 0) is 30.3 Å². The summed E-state index contributed by atoms with van der Waals surface area (Å²) in [4.78, 5) is 12.5. The molecular formula is C19H18N2O4. The molecule has 6 nitrogen and oxygen atoms in total.